The number of hydrogen-bond acceptors (Lipinski definition) is 5. The Morgan fingerprint density at radius 3 is 2.45 bits per heavy atom. The molecule has 1 aliphatic heterocycles. The molecule has 1 saturated heterocycles. The van der Waals surface area contributed by atoms with Crippen molar-refractivity contribution in [2.75, 3.05) is 27.4 Å². The zero-order valence-corrected chi connectivity index (χ0v) is 12.3. The first-order valence-electron chi connectivity index (χ1n) is 6.52. The summed E-state index contributed by atoms with van der Waals surface area (Å²) in [4.78, 5) is 25.7. The van der Waals surface area contributed by atoms with Crippen LogP contribution in [0.2, 0.25) is 0 Å². The van der Waals surface area contributed by atoms with Gasteiger partial charge in [0.05, 0.1) is 12.7 Å². The Bertz CT molecular complexity index is 449. The van der Waals surface area contributed by atoms with Crippen molar-refractivity contribution < 1.29 is 14.6 Å². The molecule has 0 aliphatic carbocycles. The van der Waals surface area contributed by atoms with Gasteiger partial charge in [0, 0.05) is 32.6 Å². The van der Waals surface area contributed by atoms with Crippen LogP contribution in [-0.2, 0) is 15.9 Å². The summed E-state index contributed by atoms with van der Waals surface area (Å²) in [6.07, 6.45) is 4.37. The first-order valence-corrected chi connectivity index (χ1v) is 6.52. The van der Waals surface area contributed by atoms with Gasteiger partial charge in [0.1, 0.15) is 0 Å². The molecule has 1 unspecified atom stereocenters. The van der Waals surface area contributed by atoms with Gasteiger partial charge in [-0.1, -0.05) is 6.92 Å². The molecule has 7 heteroatoms. The molecule has 3 N–H and O–H groups in total. The average molecular weight is 288 g/mol. The maximum absolute atomic E-state index is 10.8. The molecule has 20 heavy (non-hydrogen) atoms. The Kier molecular flexibility index (Phi) is 10.6. The van der Waals surface area contributed by atoms with E-state index in [4.69, 9.17) is 9.84 Å². The summed E-state index contributed by atoms with van der Waals surface area (Å²) in [7, 11) is 3.25. The van der Waals surface area contributed by atoms with E-state index in [9.17, 15) is 9.59 Å². The third-order valence-electron chi connectivity index (χ3n) is 2.50. The normalized spacial score (nSPS) is 16.7. The van der Waals surface area contributed by atoms with Crippen molar-refractivity contribution in [3.05, 3.63) is 32.6 Å². The number of aromatic amines is 2. The molecule has 1 atom stereocenters. The summed E-state index contributed by atoms with van der Waals surface area (Å²) < 4.78 is 9.30. The van der Waals surface area contributed by atoms with E-state index >= 15 is 0 Å². The van der Waals surface area contributed by atoms with Crippen molar-refractivity contribution >= 4 is 0 Å². The lowest BCUT2D eigenvalue weighted by Crippen LogP contribution is -2.23. The SMILES string of the molecule is CCc1c[nH]c(=O)[nH]c1=O.COC.OCC1CCCO1. The first-order chi connectivity index (χ1) is 9.58. The Morgan fingerprint density at radius 2 is 2.10 bits per heavy atom. The van der Waals surface area contributed by atoms with Gasteiger partial charge in [-0.25, -0.2) is 4.79 Å². The number of aliphatic hydroxyl groups is 1. The van der Waals surface area contributed by atoms with E-state index in [0.717, 1.165) is 19.4 Å². The number of rotatable bonds is 2. The number of ether oxygens (including phenoxy) is 2. The van der Waals surface area contributed by atoms with Crippen molar-refractivity contribution in [3.63, 3.8) is 0 Å². The van der Waals surface area contributed by atoms with Crippen LogP contribution in [0.4, 0.5) is 0 Å². The Balaban J connectivity index is 0.000000315. The summed E-state index contributed by atoms with van der Waals surface area (Å²) in [6.45, 7) is 2.88. The van der Waals surface area contributed by atoms with Crippen molar-refractivity contribution in [2.45, 2.75) is 32.3 Å². The molecule has 7 nitrogen and oxygen atoms in total. The highest BCUT2D eigenvalue weighted by atomic mass is 16.5. The predicted molar refractivity (Wildman–Crippen MR) is 76.1 cm³/mol. The van der Waals surface area contributed by atoms with Crippen LogP contribution in [0.1, 0.15) is 25.3 Å². The van der Waals surface area contributed by atoms with E-state index in [1.165, 1.54) is 6.20 Å². The molecule has 1 aromatic heterocycles. The standard InChI is InChI=1S/C6H8N2O2.C5H10O2.C2H6O/c1-2-4-3-7-6(10)8-5(4)9;6-4-5-2-1-3-7-5;1-3-2/h3H,2H2,1H3,(H2,7,8,9,10);5-6H,1-4H2;1-2H3. The minimum Gasteiger partial charge on any atom is -0.394 e. The molecule has 0 saturated carbocycles. The fourth-order valence-electron chi connectivity index (χ4n) is 1.49. The van der Waals surface area contributed by atoms with Crippen LogP contribution in [0.5, 0.6) is 0 Å². The summed E-state index contributed by atoms with van der Waals surface area (Å²) in [5.41, 5.74) is -0.159. The second-order valence-electron chi connectivity index (χ2n) is 4.18. The zero-order valence-electron chi connectivity index (χ0n) is 12.3. The number of hydrogen-bond donors (Lipinski definition) is 3. The highest BCUT2D eigenvalue weighted by Crippen LogP contribution is 2.09. The highest BCUT2D eigenvalue weighted by Gasteiger charge is 2.12. The lowest BCUT2D eigenvalue weighted by Gasteiger charge is -2.00. The molecule has 0 aromatic carbocycles. The molecule has 1 aliphatic rings. The van der Waals surface area contributed by atoms with Crippen molar-refractivity contribution in [1.82, 2.24) is 9.97 Å². The van der Waals surface area contributed by atoms with Crippen LogP contribution in [0, 0.1) is 0 Å². The second kappa shape index (κ2) is 11.4. The van der Waals surface area contributed by atoms with Crippen LogP contribution in [-0.4, -0.2) is 48.6 Å². The molecular weight excluding hydrogens is 264 g/mol. The number of aromatic nitrogens is 2. The minimum absolute atomic E-state index is 0.153. The number of methoxy groups -OCH3 is 1. The molecule has 2 rings (SSSR count). The molecule has 0 amide bonds. The number of aryl methyl sites for hydroxylation is 1. The fourth-order valence-corrected chi connectivity index (χ4v) is 1.49. The van der Waals surface area contributed by atoms with Crippen molar-refractivity contribution in [3.8, 4) is 0 Å². The Hall–Kier alpha value is -1.44. The van der Waals surface area contributed by atoms with Crippen molar-refractivity contribution in [1.29, 1.82) is 0 Å². The average Bonchev–Trinajstić information content (AvgIpc) is 2.94. The quantitative estimate of drug-likeness (QED) is 0.713. The van der Waals surface area contributed by atoms with Gasteiger partial charge < -0.3 is 19.6 Å². The van der Waals surface area contributed by atoms with Gasteiger partial charge in [0.15, 0.2) is 0 Å². The third kappa shape index (κ3) is 7.88. The van der Waals surface area contributed by atoms with E-state index in [1.54, 1.807) is 14.2 Å². The van der Waals surface area contributed by atoms with Gasteiger partial charge in [-0.05, 0) is 19.3 Å². The second-order valence-corrected chi connectivity index (χ2v) is 4.18. The molecule has 0 radical (unpaired) electrons. The molecule has 116 valence electrons. The molecular formula is C13H24N2O5. The number of aliphatic hydroxyl groups excluding tert-OH is 1. The van der Waals surface area contributed by atoms with E-state index in [-0.39, 0.29) is 18.3 Å². The maximum Gasteiger partial charge on any atom is 0.325 e. The smallest absolute Gasteiger partial charge is 0.325 e. The van der Waals surface area contributed by atoms with E-state index in [0.29, 0.717) is 12.0 Å². The van der Waals surface area contributed by atoms with Crippen LogP contribution in [0.15, 0.2) is 15.8 Å². The van der Waals surface area contributed by atoms with Gasteiger partial charge >= 0.3 is 5.69 Å². The topological polar surface area (TPSA) is 104 Å². The molecule has 1 aromatic rings. The number of nitrogens with one attached hydrogen (secondary N) is 2. The summed E-state index contributed by atoms with van der Waals surface area (Å²) in [5, 5.41) is 8.44. The van der Waals surface area contributed by atoms with Gasteiger partial charge in [0.25, 0.3) is 5.56 Å². The first kappa shape index (κ1) is 18.6. The lowest BCUT2D eigenvalue weighted by molar-refractivity contribution is 0.0591. The fraction of sp³-hybridized carbons (Fsp3) is 0.692. The van der Waals surface area contributed by atoms with Gasteiger partial charge in [-0.15, -0.1) is 0 Å². The lowest BCUT2D eigenvalue weighted by atomic mass is 10.2. The molecule has 2 heterocycles. The summed E-state index contributed by atoms with van der Waals surface area (Å²) in [6, 6.07) is 0. The molecule has 0 spiro atoms. The van der Waals surface area contributed by atoms with Crippen LogP contribution in [0.25, 0.3) is 0 Å². The predicted octanol–water partition coefficient (Wildman–Crippen LogP) is 0.0459. The monoisotopic (exact) mass is 288 g/mol. The third-order valence-corrected chi connectivity index (χ3v) is 2.50. The van der Waals surface area contributed by atoms with Gasteiger partial charge in [-0.3, -0.25) is 9.78 Å². The Morgan fingerprint density at radius 1 is 1.45 bits per heavy atom. The highest BCUT2D eigenvalue weighted by molar-refractivity contribution is 5.01. The van der Waals surface area contributed by atoms with E-state index < -0.39 is 5.69 Å². The van der Waals surface area contributed by atoms with Gasteiger partial charge in [0.2, 0.25) is 0 Å². The van der Waals surface area contributed by atoms with E-state index in [1.807, 2.05) is 6.92 Å². The van der Waals surface area contributed by atoms with Crippen LogP contribution >= 0.6 is 0 Å². The van der Waals surface area contributed by atoms with Gasteiger partial charge in [-0.2, -0.15) is 0 Å². The Labute approximate surface area is 118 Å². The summed E-state index contributed by atoms with van der Waals surface area (Å²) in [5.74, 6) is 0. The zero-order chi connectivity index (χ0) is 15.4. The van der Waals surface area contributed by atoms with E-state index in [2.05, 4.69) is 14.7 Å². The van der Waals surface area contributed by atoms with Crippen molar-refractivity contribution in [2.24, 2.45) is 0 Å². The minimum atomic E-state index is -0.456. The largest absolute Gasteiger partial charge is 0.394 e. The number of H-pyrrole nitrogens is 2. The maximum atomic E-state index is 10.8. The van der Waals surface area contributed by atoms with Crippen LogP contribution in [0.3, 0.4) is 0 Å². The molecule has 0 bridgehead atoms. The van der Waals surface area contributed by atoms with Crippen LogP contribution < -0.4 is 11.2 Å². The summed E-state index contributed by atoms with van der Waals surface area (Å²) >= 11 is 0. The molecule has 1 fully saturated rings.